The Morgan fingerprint density at radius 2 is 2.26 bits per heavy atom. The van der Waals surface area contributed by atoms with Crippen LogP contribution in [0.3, 0.4) is 0 Å². The first-order valence-corrected chi connectivity index (χ1v) is 9.52. The number of aliphatic hydroxyl groups is 1. The smallest absolute Gasteiger partial charge is 0.128 e. The fourth-order valence-electron chi connectivity index (χ4n) is 3.11. The summed E-state index contributed by atoms with van der Waals surface area (Å²) >= 11 is 3.32. The summed E-state index contributed by atoms with van der Waals surface area (Å²) in [5.74, 6) is -0.577. The fraction of sp³-hybridized carbons (Fsp3) is 0.429. The minimum absolute atomic E-state index is 0.213. The van der Waals surface area contributed by atoms with Gasteiger partial charge in [-0.05, 0) is 37.1 Å². The molecule has 3 unspecified atom stereocenters. The lowest BCUT2D eigenvalue weighted by Crippen LogP contribution is -2.55. The van der Waals surface area contributed by atoms with E-state index in [1.807, 2.05) is 6.08 Å². The maximum Gasteiger partial charge on any atom is 0.128 e. The molecule has 1 fully saturated rings. The summed E-state index contributed by atoms with van der Waals surface area (Å²) in [5, 5.41) is 9.86. The van der Waals surface area contributed by atoms with Gasteiger partial charge in [0.2, 0.25) is 0 Å². The number of hydrogen-bond donors (Lipinski definition) is 2. The Morgan fingerprint density at radius 1 is 1.56 bits per heavy atom. The van der Waals surface area contributed by atoms with Crippen LogP contribution in [0.4, 0.5) is 4.39 Å². The zero-order chi connectivity index (χ0) is 20.4. The number of rotatable bonds is 6. The van der Waals surface area contributed by atoms with E-state index < -0.39 is 11.6 Å². The average molecular weight is 442 g/mol. The Balaban J connectivity index is 0.000000345. The summed E-state index contributed by atoms with van der Waals surface area (Å²) in [4.78, 5) is 0. The van der Waals surface area contributed by atoms with E-state index in [4.69, 9.17) is 15.2 Å². The van der Waals surface area contributed by atoms with Crippen molar-refractivity contribution in [1.29, 1.82) is 0 Å². The van der Waals surface area contributed by atoms with Gasteiger partial charge in [-0.3, -0.25) is 0 Å². The fourth-order valence-corrected chi connectivity index (χ4v) is 3.47. The van der Waals surface area contributed by atoms with Crippen LogP contribution in [-0.4, -0.2) is 38.1 Å². The van der Waals surface area contributed by atoms with Crippen LogP contribution < -0.4 is 5.73 Å². The minimum atomic E-state index is -0.986. The van der Waals surface area contributed by atoms with Gasteiger partial charge in [-0.1, -0.05) is 47.3 Å². The molecule has 3 N–H and O–H groups in total. The lowest BCUT2D eigenvalue weighted by Gasteiger charge is -2.43. The molecule has 1 aliphatic rings. The van der Waals surface area contributed by atoms with E-state index in [9.17, 15) is 9.50 Å². The van der Waals surface area contributed by atoms with E-state index in [0.29, 0.717) is 25.2 Å². The topological polar surface area (TPSA) is 64.7 Å². The first-order valence-electron chi connectivity index (χ1n) is 8.73. The van der Waals surface area contributed by atoms with Crippen molar-refractivity contribution in [1.82, 2.24) is 0 Å². The third kappa shape index (κ3) is 6.66. The molecule has 1 saturated heterocycles. The predicted molar refractivity (Wildman–Crippen MR) is 111 cm³/mol. The summed E-state index contributed by atoms with van der Waals surface area (Å²) in [6.45, 7) is 10.2. The van der Waals surface area contributed by atoms with E-state index in [0.717, 1.165) is 10.0 Å². The SMILES string of the molecule is C=C/C=C(\C=C)COC.CC(O)C1CCOCC1(N)c1cc(Br)ccc1F. The van der Waals surface area contributed by atoms with Crippen LogP contribution in [0.1, 0.15) is 18.9 Å². The van der Waals surface area contributed by atoms with Crippen molar-refractivity contribution in [3.63, 3.8) is 0 Å². The Morgan fingerprint density at radius 3 is 2.81 bits per heavy atom. The molecule has 4 nitrogen and oxygen atoms in total. The normalized spacial score (nSPS) is 23.8. The van der Waals surface area contributed by atoms with Crippen LogP contribution in [0.25, 0.3) is 0 Å². The molecule has 1 aliphatic heterocycles. The van der Waals surface area contributed by atoms with Gasteiger partial charge in [0.05, 0.1) is 24.9 Å². The van der Waals surface area contributed by atoms with Crippen LogP contribution in [0.5, 0.6) is 0 Å². The molecule has 0 radical (unpaired) electrons. The monoisotopic (exact) mass is 441 g/mol. The van der Waals surface area contributed by atoms with Gasteiger partial charge in [-0.2, -0.15) is 0 Å². The number of nitrogens with two attached hydrogens (primary N) is 1. The average Bonchev–Trinajstić information content (AvgIpc) is 2.64. The van der Waals surface area contributed by atoms with Crippen LogP contribution in [-0.2, 0) is 15.0 Å². The van der Waals surface area contributed by atoms with Crippen molar-refractivity contribution in [3.8, 4) is 0 Å². The van der Waals surface area contributed by atoms with Crippen molar-refractivity contribution in [3.05, 3.63) is 71.0 Å². The third-order valence-corrected chi connectivity index (χ3v) is 4.99. The third-order valence-electron chi connectivity index (χ3n) is 4.49. The van der Waals surface area contributed by atoms with Gasteiger partial charge in [-0.15, -0.1) is 0 Å². The van der Waals surface area contributed by atoms with Crippen molar-refractivity contribution in [2.75, 3.05) is 26.9 Å². The molecule has 0 spiro atoms. The lowest BCUT2D eigenvalue weighted by molar-refractivity contribution is -0.0500. The molecule has 27 heavy (non-hydrogen) atoms. The zero-order valence-electron chi connectivity index (χ0n) is 16.0. The molecule has 0 saturated carbocycles. The summed E-state index contributed by atoms with van der Waals surface area (Å²) in [7, 11) is 1.65. The second-order valence-corrected chi connectivity index (χ2v) is 7.38. The summed E-state index contributed by atoms with van der Waals surface area (Å²) in [6.07, 6.45) is 5.37. The molecule has 1 aromatic carbocycles. The number of hydrogen-bond acceptors (Lipinski definition) is 4. The number of methoxy groups -OCH3 is 1. The molecular formula is C21H29BrFNO3. The first-order chi connectivity index (χ1) is 12.8. The number of benzene rings is 1. The number of ether oxygens (including phenoxy) is 2. The molecule has 0 aromatic heterocycles. The maximum atomic E-state index is 14.0. The van der Waals surface area contributed by atoms with Gasteiger partial charge >= 0.3 is 0 Å². The van der Waals surface area contributed by atoms with E-state index in [1.165, 1.54) is 6.07 Å². The number of allylic oxidation sites excluding steroid dienone is 2. The first kappa shape index (κ1) is 23.7. The molecule has 1 aromatic rings. The maximum absolute atomic E-state index is 14.0. The summed E-state index contributed by atoms with van der Waals surface area (Å²) in [5.41, 5.74) is 6.80. The van der Waals surface area contributed by atoms with Crippen molar-refractivity contribution in [2.24, 2.45) is 11.7 Å². The highest BCUT2D eigenvalue weighted by Gasteiger charge is 2.43. The molecular weight excluding hydrogens is 413 g/mol. The van der Waals surface area contributed by atoms with Crippen molar-refractivity contribution in [2.45, 2.75) is 25.0 Å². The molecule has 3 atom stereocenters. The molecule has 150 valence electrons. The lowest BCUT2D eigenvalue weighted by atomic mass is 9.73. The Labute approximate surface area is 169 Å². The molecule has 6 heteroatoms. The minimum Gasteiger partial charge on any atom is -0.393 e. The van der Waals surface area contributed by atoms with Gasteiger partial charge in [0.25, 0.3) is 0 Å². The highest BCUT2D eigenvalue weighted by molar-refractivity contribution is 9.10. The van der Waals surface area contributed by atoms with E-state index in [2.05, 4.69) is 29.1 Å². The van der Waals surface area contributed by atoms with Gasteiger partial charge in [-0.25, -0.2) is 4.39 Å². The van der Waals surface area contributed by atoms with Crippen LogP contribution in [0.15, 0.2) is 59.6 Å². The van der Waals surface area contributed by atoms with Gasteiger partial charge in [0.1, 0.15) is 5.82 Å². The Bertz CT molecular complexity index is 663. The van der Waals surface area contributed by atoms with Gasteiger partial charge in [0.15, 0.2) is 0 Å². The molecule has 0 aliphatic carbocycles. The predicted octanol–water partition coefficient (Wildman–Crippen LogP) is 4.09. The number of halogens is 2. The highest BCUT2D eigenvalue weighted by atomic mass is 79.9. The highest BCUT2D eigenvalue weighted by Crippen LogP contribution is 2.37. The van der Waals surface area contributed by atoms with E-state index in [1.54, 1.807) is 38.3 Å². The van der Waals surface area contributed by atoms with Gasteiger partial charge in [0, 0.05) is 29.7 Å². The van der Waals surface area contributed by atoms with Gasteiger partial charge < -0.3 is 20.3 Å². The molecule has 2 rings (SSSR count). The van der Waals surface area contributed by atoms with E-state index in [-0.39, 0.29) is 18.3 Å². The molecule has 0 amide bonds. The Kier molecular flexibility index (Phi) is 10.1. The standard InChI is InChI=1S/C13H17BrFNO2.C8H12O/c1-8(17)10-4-5-18-7-13(10,16)11-6-9(14)2-3-12(11)15;1-4-6-8(5-2)7-9-3/h2-3,6,8,10,17H,4-5,7,16H2,1H3;4-6H,1-2,7H2,3H3/b;8-6+. The second-order valence-electron chi connectivity index (χ2n) is 6.47. The largest absolute Gasteiger partial charge is 0.393 e. The quantitative estimate of drug-likeness (QED) is 0.652. The summed E-state index contributed by atoms with van der Waals surface area (Å²) < 4.78 is 25.0. The molecule has 0 bridgehead atoms. The van der Waals surface area contributed by atoms with E-state index >= 15 is 0 Å². The number of aliphatic hydroxyl groups excluding tert-OH is 1. The molecule has 1 heterocycles. The zero-order valence-corrected chi connectivity index (χ0v) is 17.5. The van der Waals surface area contributed by atoms with Crippen LogP contribution in [0.2, 0.25) is 0 Å². The second kappa shape index (κ2) is 11.5. The van der Waals surface area contributed by atoms with Crippen LogP contribution >= 0.6 is 15.9 Å². The Hall–Kier alpha value is -1.31. The van der Waals surface area contributed by atoms with Crippen molar-refractivity contribution < 1.29 is 19.0 Å². The van der Waals surface area contributed by atoms with Crippen molar-refractivity contribution >= 4 is 15.9 Å². The van der Waals surface area contributed by atoms with Crippen LogP contribution in [0, 0.1) is 11.7 Å². The summed E-state index contributed by atoms with van der Waals surface area (Å²) in [6, 6.07) is 4.67.